The zero-order valence-electron chi connectivity index (χ0n) is 9.80. The number of anilines is 1. The van der Waals surface area contributed by atoms with E-state index in [-0.39, 0.29) is 24.4 Å². The number of rotatable bonds is 3. The summed E-state index contributed by atoms with van der Waals surface area (Å²) >= 11 is 3.24. The summed E-state index contributed by atoms with van der Waals surface area (Å²) in [5, 5.41) is 8.87. The minimum absolute atomic E-state index is 0.0858. The summed E-state index contributed by atoms with van der Waals surface area (Å²) in [7, 11) is 0. The molecule has 6 nitrogen and oxygen atoms in total. The molecule has 0 aliphatic carbocycles. The van der Waals surface area contributed by atoms with Gasteiger partial charge in [-0.3, -0.25) is 9.59 Å². The van der Waals surface area contributed by atoms with E-state index in [1.807, 2.05) is 0 Å². The molecule has 1 unspecified atom stereocenters. The van der Waals surface area contributed by atoms with Gasteiger partial charge in [-0.1, -0.05) is 0 Å². The first-order chi connectivity index (χ1) is 8.90. The van der Waals surface area contributed by atoms with Crippen LogP contribution in [0, 0.1) is 5.92 Å². The van der Waals surface area contributed by atoms with E-state index in [9.17, 15) is 14.4 Å². The number of carbonyl (C=O) groups is 3. The molecule has 1 aliphatic rings. The van der Waals surface area contributed by atoms with Gasteiger partial charge in [0.2, 0.25) is 11.8 Å². The number of primary amides is 1. The Kier molecular flexibility index (Phi) is 3.57. The molecule has 0 aromatic heterocycles. The fourth-order valence-corrected chi connectivity index (χ4v) is 2.58. The van der Waals surface area contributed by atoms with Crippen molar-refractivity contribution in [3.63, 3.8) is 0 Å². The molecule has 2 amide bonds. The minimum Gasteiger partial charge on any atom is -0.478 e. The molecular weight excluding hydrogens is 316 g/mol. The second kappa shape index (κ2) is 5.00. The number of hydrogen-bond acceptors (Lipinski definition) is 3. The van der Waals surface area contributed by atoms with Gasteiger partial charge in [0.1, 0.15) is 0 Å². The Labute approximate surface area is 117 Å². The minimum atomic E-state index is -1.05. The standard InChI is InChI=1S/C12H11BrN2O4/c13-8-3-6(12(18)19)1-2-9(8)15-5-7(11(14)17)4-10(15)16/h1-3,7H,4-5H2,(H2,14,17)(H,18,19). The normalized spacial score (nSPS) is 18.7. The number of nitrogens with zero attached hydrogens (tertiary/aromatic N) is 1. The van der Waals surface area contributed by atoms with E-state index in [2.05, 4.69) is 15.9 Å². The zero-order valence-corrected chi connectivity index (χ0v) is 11.4. The summed E-state index contributed by atoms with van der Waals surface area (Å²) < 4.78 is 0.492. The molecule has 19 heavy (non-hydrogen) atoms. The SMILES string of the molecule is NC(=O)C1CC(=O)N(c2ccc(C(=O)O)cc2Br)C1. The fraction of sp³-hybridized carbons (Fsp3) is 0.250. The molecule has 1 atom stereocenters. The van der Waals surface area contributed by atoms with Crippen molar-refractivity contribution in [1.82, 2.24) is 0 Å². The van der Waals surface area contributed by atoms with E-state index in [0.29, 0.717) is 10.2 Å². The van der Waals surface area contributed by atoms with Crippen LogP contribution in [0.15, 0.2) is 22.7 Å². The quantitative estimate of drug-likeness (QED) is 0.864. The van der Waals surface area contributed by atoms with Crippen molar-refractivity contribution in [1.29, 1.82) is 0 Å². The van der Waals surface area contributed by atoms with Crippen molar-refractivity contribution in [3.8, 4) is 0 Å². The van der Waals surface area contributed by atoms with Gasteiger partial charge in [-0.2, -0.15) is 0 Å². The predicted octanol–water partition coefficient (Wildman–Crippen LogP) is 0.985. The van der Waals surface area contributed by atoms with Crippen molar-refractivity contribution in [2.45, 2.75) is 6.42 Å². The van der Waals surface area contributed by atoms with Gasteiger partial charge in [0.05, 0.1) is 17.2 Å². The van der Waals surface area contributed by atoms with Crippen molar-refractivity contribution >= 4 is 39.4 Å². The van der Waals surface area contributed by atoms with Crippen molar-refractivity contribution in [3.05, 3.63) is 28.2 Å². The molecule has 100 valence electrons. The number of carboxylic acid groups (broad SMARTS) is 1. The highest BCUT2D eigenvalue weighted by Gasteiger charge is 2.34. The smallest absolute Gasteiger partial charge is 0.335 e. The molecule has 1 saturated heterocycles. The fourth-order valence-electron chi connectivity index (χ4n) is 1.99. The van der Waals surface area contributed by atoms with Crippen LogP contribution in [0.5, 0.6) is 0 Å². The van der Waals surface area contributed by atoms with Gasteiger partial charge in [-0.05, 0) is 34.1 Å². The Morgan fingerprint density at radius 3 is 2.58 bits per heavy atom. The highest BCUT2D eigenvalue weighted by molar-refractivity contribution is 9.10. The Balaban J connectivity index is 2.30. The van der Waals surface area contributed by atoms with Crippen molar-refractivity contribution in [2.24, 2.45) is 11.7 Å². The second-order valence-corrected chi connectivity index (χ2v) is 5.13. The summed E-state index contributed by atoms with van der Waals surface area (Å²) in [5.74, 6) is -2.25. The van der Waals surface area contributed by atoms with E-state index in [4.69, 9.17) is 10.8 Å². The number of carbonyl (C=O) groups excluding carboxylic acids is 2. The third kappa shape index (κ3) is 2.60. The maximum atomic E-state index is 11.8. The predicted molar refractivity (Wildman–Crippen MR) is 70.8 cm³/mol. The molecule has 3 N–H and O–H groups in total. The van der Waals surface area contributed by atoms with Crippen LogP contribution in [0.3, 0.4) is 0 Å². The summed E-state index contributed by atoms with van der Waals surface area (Å²) in [6.45, 7) is 0.221. The highest BCUT2D eigenvalue weighted by atomic mass is 79.9. The zero-order chi connectivity index (χ0) is 14.2. The lowest BCUT2D eigenvalue weighted by Crippen LogP contribution is -2.28. The number of nitrogens with two attached hydrogens (primary N) is 1. The Morgan fingerprint density at radius 1 is 1.42 bits per heavy atom. The molecule has 1 aliphatic heterocycles. The molecule has 0 spiro atoms. The number of hydrogen-bond donors (Lipinski definition) is 2. The van der Waals surface area contributed by atoms with Crippen LogP contribution in [0.25, 0.3) is 0 Å². The highest BCUT2D eigenvalue weighted by Crippen LogP contribution is 2.32. The Bertz CT molecular complexity index is 573. The van der Waals surface area contributed by atoms with E-state index in [0.717, 1.165) is 0 Å². The molecule has 2 rings (SSSR count). The largest absolute Gasteiger partial charge is 0.478 e. The van der Waals surface area contributed by atoms with Crippen molar-refractivity contribution in [2.75, 3.05) is 11.4 Å². The molecule has 1 aromatic rings. The van der Waals surface area contributed by atoms with Gasteiger partial charge in [-0.25, -0.2) is 4.79 Å². The van der Waals surface area contributed by atoms with Crippen LogP contribution in [0.2, 0.25) is 0 Å². The molecule has 1 heterocycles. The third-order valence-corrected chi connectivity index (χ3v) is 3.65. The molecular formula is C12H11BrN2O4. The summed E-state index contributed by atoms with van der Waals surface area (Å²) in [4.78, 5) is 35.2. The van der Waals surface area contributed by atoms with Crippen LogP contribution < -0.4 is 10.6 Å². The molecule has 0 saturated carbocycles. The van der Waals surface area contributed by atoms with Crippen molar-refractivity contribution < 1.29 is 19.5 Å². The van der Waals surface area contributed by atoms with Gasteiger partial charge < -0.3 is 15.7 Å². The average Bonchev–Trinajstić information content (AvgIpc) is 2.71. The van der Waals surface area contributed by atoms with E-state index in [1.54, 1.807) is 0 Å². The first kappa shape index (κ1) is 13.5. The molecule has 0 bridgehead atoms. The maximum Gasteiger partial charge on any atom is 0.335 e. The van der Waals surface area contributed by atoms with E-state index < -0.39 is 17.8 Å². The Hall–Kier alpha value is -1.89. The van der Waals surface area contributed by atoms with Crippen LogP contribution in [0.4, 0.5) is 5.69 Å². The number of aromatic carboxylic acids is 1. The Morgan fingerprint density at radius 2 is 2.11 bits per heavy atom. The lowest BCUT2D eigenvalue weighted by atomic mass is 10.1. The first-order valence-corrected chi connectivity index (χ1v) is 6.32. The maximum absolute atomic E-state index is 11.8. The molecule has 1 fully saturated rings. The number of benzene rings is 1. The van der Waals surface area contributed by atoms with Gasteiger partial charge in [0.25, 0.3) is 0 Å². The average molecular weight is 327 g/mol. The van der Waals surface area contributed by atoms with E-state index >= 15 is 0 Å². The lowest BCUT2D eigenvalue weighted by molar-refractivity contribution is -0.123. The van der Waals surface area contributed by atoms with Crippen LogP contribution in [-0.2, 0) is 9.59 Å². The van der Waals surface area contributed by atoms with E-state index in [1.165, 1.54) is 23.1 Å². The summed E-state index contributed by atoms with van der Waals surface area (Å²) in [5.41, 5.74) is 5.85. The monoisotopic (exact) mass is 326 g/mol. The summed E-state index contributed by atoms with van der Waals surface area (Å²) in [6.07, 6.45) is 0.0858. The van der Waals surface area contributed by atoms with Gasteiger partial charge in [0, 0.05) is 17.4 Å². The summed E-state index contributed by atoms with van der Waals surface area (Å²) in [6, 6.07) is 4.37. The van der Waals surface area contributed by atoms with Crippen LogP contribution in [-0.4, -0.2) is 29.4 Å². The lowest BCUT2D eigenvalue weighted by Gasteiger charge is -2.18. The third-order valence-electron chi connectivity index (χ3n) is 3.01. The topological polar surface area (TPSA) is 101 Å². The van der Waals surface area contributed by atoms with Gasteiger partial charge in [0.15, 0.2) is 0 Å². The molecule has 7 heteroatoms. The van der Waals surface area contributed by atoms with Gasteiger partial charge >= 0.3 is 5.97 Å². The second-order valence-electron chi connectivity index (χ2n) is 4.28. The number of carboxylic acids is 1. The molecule has 1 aromatic carbocycles. The number of amides is 2. The molecule has 0 radical (unpaired) electrons. The van der Waals surface area contributed by atoms with Gasteiger partial charge in [-0.15, -0.1) is 0 Å². The number of halogens is 1. The van der Waals surface area contributed by atoms with Crippen LogP contribution >= 0.6 is 15.9 Å². The first-order valence-electron chi connectivity index (χ1n) is 5.52. The van der Waals surface area contributed by atoms with Crippen LogP contribution in [0.1, 0.15) is 16.8 Å².